The number of para-hydroxylation sites is 4. The summed E-state index contributed by atoms with van der Waals surface area (Å²) in [5.41, 5.74) is 11.4. The second-order valence-electron chi connectivity index (χ2n) is 11.2. The molecule has 0 saturated heterocycles. The second kappa shape index (κ2) is 9.82. The van der Waals surface area contributed by atoms with Crippen molar-refractivity contribution in [1.82, 2.24) is 14.1 Å². The molecule has 9 rings (SSSR count). The molecule has 0 atom stereocenters. The first kappa shape index (κ1) is 24.6. The molecule has 9 aromatic rings. The number of nitrogens with zero attached hydrogens (tertiary/aromatic N) is 3. The van der Waals surface area contributed by atoms with E-state index in [0.29, 0.717) is 0 Å². The number of aromatic nitrogens is 3. The topological polar surface area (TPSA) is 22.8 Å². The van der Waals surface area contributed by atoms with Crippen LogP contribution in [0.3, 0.4) is 0 Å². The van der Waals surface area contributed by atoms with Crippen LogP contribution in [0.15, 0.2) is 164 Å². The van der Waals surface area contributed by atoms with Gasteiger partial charge in [-0.3, -0.25) is 4.98 Å². The molecule has 0 bridgehead atoms. The van der Waals surface area contributed by atoms with Crippen molar-refractivity contribution in [3.63, 3.8) is 0 Å². The number of benzene rings is 6. The fourth-order valence-corrected chi connectivity index (χ4v) is 6.87. The van der Waals surface area contributed by atoms with Crippen LogP contribution in [0.25, 0.3) is 77.4 Å². The summed E-state index contributed by atoms with van der Waals surface area (Å²) in [4.78, 5) is 5.13. The maximum Gasteiger partial charge on any atom is 0.0970 e. The van der Waals surface area contributed by atoms with Crippen molar-refractivity contribution in [3.8, 4) is 33.8 Å². The summed E-state index contributed by atoms with van der Waals surface area (Å²) in [6.07, 6.45) is 1.96. The predicted molar refractivity (Wildman–Crippen MR) is 184 cm³/mol. The number of pyridine rings is 1. The zero-order valence-corrected chi connectivity index (χ0v) is 23.9. The van der Waals surface area contributed by atoms with E-state index in [1.165, 1.54) is 43.7 Å². The van der Waals surface area contributed by atoms with E-state index in [9.17, 15) is 0 Å². The SMILES string of the molecule is c1ccc(-c2ccc(-n3c4ccccc4c4cccc(-c5nccc6c7ccccc7n(-c7ccccc7)c56)c43)cc2)cc1. The van der Waals surface area contributed by atoms with Gasteiger partial charge in [0.25, 0.3) is 0 Å². The lowest BCUT2D eigenvalue weighted by molar-refractivity contribution is 1.16. The molecule has 206 valence electrons. The van der Waals surface area contributed by atoms with Crippen molar-refractivity contribution < 1.29 is 0 Å². The van der Waals surface area contributed by atoms with Crippen molar-refractivity contribution >= 4 is 43.6 Å². The van der Waals surface area contributed by atoms with Gasteiger partial charge < -0.3 is 9.13 Å². The van der Waals surface area contributed by atoms with Crippen molar-refractivity contribution in [2.75, 3.05) is 0 Å². The molecule has 0 aliphatic heterocycles. The Labute approximate surface area is 254 Å². The molecule has 3 heterocycles. The lowest BCUT2D eigenvalue weighted by atomic mass is 10.0. The van der Waals surface area contributed by atoms with Crippen LogP contribution in [0.4, 0.5) is 0 Å². The molecule has 0 saturated carbocycles. The number of fused-ring (bicyclic) bond motifs is 6. The lowest BCUT2D eigenvalue weighted by Gasteiger charge is -2.14. The maximum absolute atomic E-state index is 5.13. The minimum absolute atomic E-state index is 0.970. The van der Waals surface area contributed by atoms with Gasteiger partial charge in [0, 0.05) is 44.7 Å². The van der Waals surface area contributed by atoms with Gasteiger partial charge in [-0.1, -0.05) is 115 Å². The minimum Gasteiger partial charge on any atom is -0.309 e. The highest BCUT2D eigenvalue weighted by molar-refractivity contribution is 6.18. The summed E-state index contributed by atoms with van der Waals surface area (Å²) in [5, 5.41) is 4.86. The molecule has 0 spiro atoms. The molecular weight excluding hydrogens is 534 g/mol. The summed E-state index contributed by atoms with van der Waals surface area (Å²) in [6, 6.07) is 56.2. The first-order valence-electron chi connectivity index (χ1n) is 15.0. The Hall–Kier alpha value is -5.93. The van der Waals surface area contributed by atoms with E-state index in [1.807, 2.05) is 6.20 Å². The molecule has 3 nitrogen and oxygen atoms in total. The van der Waals surface area contributed by atoms with E-state index < -0.39 is 0 Å². The Kier molecular flexibility index (Phi) is 5.50. The van der Waals surface area contributed by atoms with Crippen LogP contribution < -0.4 is 0 Å². The third kappa shape index (κ3) is 3.66. The van der Waals surface area contributed by atoms with Crippen molar-refractivity contribution in [1.29, 1.82) is 0 Å². The van der Waals surface area contributed by atoms with Crippen LogP contribution in [0.5, 0.6) is 0 Å². The molecule has 0 aliphatic rings. The summed E-state index contributed by atoms with van der Waals surface area (Å²) in [6.45, 7) is 0. The fraction of sp³-hybridized carbons (Fsp3) is 0. The molecule has 0 fully saturated rings. The van der Waals surface area contributed by atoms with Crippen LogP contribution in [0.2, 0.25) is 0 Å². The molecular formula is C41H27N3. The number of rotatable bonds is 4. The summed E-state index contributed by atoms with van der Waals surface area (Å²) >= 11 is 0. The predicted octanol–water partition coefficient (Wildman–Crippen LogP) is 10.6. The third-order valence-corrected chi connectivity index (χ3v) is 8.78. The highest BCUT2D eigenvalue weighted by Gasteiger charge is 2.22. The van der Waals surface area contributed by atoms with Gasteiger partial charge in [0.15, 0.2) is 0 Å². The average molecular weight is 562 g/mol. The molecule has 0 unspecified atom stereocenters. The molecule has 0 aliphatic carbocycles. The summed E-state index contributed by atoms with van der Waals surface area (Å²) < 4.78 is 4.78. The second-order valence-corrected chi connectivity index (χ2v) is 11.2. The standard InChI is InChI=1S/C41H27N3/c1-3-12-28(13-4-1)29-22-24-31(25-23-29)43-37-20-9-7-16-32(37)34-18-11-19-36(40(34)43)39-41-35(26-27-42-39)33-17-8-10-21-38(33)44(41)30-14-5-2-6-15-30/h1-27H. The Balaban J connectivity index is 1.38. The van der Waals surface area contributed by atoms with Gasteiger partial charge in [-0.25, -0.2) is 0 Å². The Morgan fingerprint density at radius 1 is 0.364 bits per heavy atom. The summed E-state index contributed by atoms with van der Waals surface area (Å²) in [5.74, 6) is 0. The largest absolute Gasteiger partial charge is 0.309 e. The maximum atomic E-state index is 5.13. The fourth-order valence-electron chi connectivity index (χ4n) is 6.87. The molecule has 0 amide bonds. The highest BCUT2D eigenvalue weighted by atomic mass is 15.0. The number of hydrogen-bond acceptors (Lipinski definition) is 1. The van der Waals surface area contributed by atoms with Crippen molar-refractivity contribution in [2.24, 2.45) is 0 Å². The first-order chi connectivity index (χ1) is 21.9. The van der Waals surface area contributed by atoms with E-state index in [-0.39, 0.29) is 0 Å². The minimum atomic E-state index is 0.970. The van der Waals surface area contributed by atoms with Gasteiger partial charge in [0.05, 0.1) is 27.8 Å². The van der Waals surface area contributed by atoms with Crippen LogP contribution in [-0.2, 0) is 0 Å². The zero-order chi connectivity index (χ0) is 29.0. The molecule has 0 radical (unpaired) electrons. The first-order valence-corrected chi connectivity index (χ1v) is 15.0. The molecule has 6 aromatic carbocycles. The van der Waals surface area contributed by atoms with Gasteiger partial charge in [0.1, 0.15) is 0 Å². The van der Waals surface area contributed by atoms with Gasteiger partial charge in [-0.2, -0.15) is 0 Å². The van der Waals surface area contributed by atoms with E-state index in [0.717, 1.165) is 33.7 Å². The molecule has 44 heavy (non-hydrogen) atoms. The van der Waals surface area contributed by atoms with Crippen LogP contribution in [0.1, 0.15) is 0 Å². The van der Waals surface area contributed by atoms with Crippen LogP contribution in [0, 0.1) is 0 Å². The lowest BCUT2D eigenvalue weighted by Crippen LogP contribution is -1.99. The Bertz CT molecular complexity index is 2470. The van der Waals surface area contributed by atoms with Gasteiger partial charge >= 0.3 is 0 Å². The van der Waals surface area contributed by atoms with Gasteiger partial charge in [-0.15, -0.1) is 0 Å². The van der Waals surface area contributed by atoms with Crippen molar-refractivity contribution in [3.05, 3.63) is 164 Å². The zero-order valence-electron chi connectivity index (χ0n) is 23.9. The van der Waals surface area contributed by atoms with E-state index in [1.54, 1.807) is 0 Å². The van der Waals surface area contributed by atoms with E-state index in [4.69, 9.17) is 4.98 Å². The number of hydrogen-bond donors (Lipinski definition) is 0. The molecule has 3 heteroatoms. The van der Waals surface area contributed by atoms with Crippen LogP contribution >= 0.6 is 0 Å². The monoisotopic (exact) mass is 561 g/mol. The average Bonchev–Trinajstić information content (AvgIpc) is 3.63. The third-order valence-electron chi connectivity index (χ3n) is 8.78. The molecule has 0 N–H and O–H groups in total. The normalized spacial score (nSPS) is 11.6. The van der Waals surface area contributed by atoms with Crippen molar-refractivity contribution in [2.45, 2.75) is 0 Å². The summed E-state index contributed by atoms with van der Waals surface area (Å²) in [7, 11) is 0. The van der Waals surface area contributed by atoms with Crippen LogP contribution in [-0.4, -0.2) is 14.1 Å². The Morgan fingerprint density at radius 3 is 1.59 bits per heavy atom. The quantitative estimate of drug-likeness (QED) is 0.210. The molecule has 3 aromatic heterocycles. The van der Waals surface area contributed by atoms with E-state index in [2.05, 4.69) is 167 Å². The van der Waals surface area contributed by atoms with Gasteiger partial charge in [-0.05, 0) is 53.6 Å². The van der Waals surface area contributed by atoms with E-state index >= 15 is 0 Å². The smallest absolute Gasteiger partial charge is 0.0970 e. The highest BCUT2D eigenvalue weighted by Crippen LogP contribution is 2.42. The van der Waals surface area contributed by atoms with Gasteiger partial charge in [0.2, 0.25) is 0 Å². The Morgan fingerprint density at radius 2 is 0.886 bits per heavy atom.